The molecule has 3 nitrogen and oxygen atoms in total. The first-order valence-electron chi connectivity index (χ1n) is 7.08. The average Bonchev–Trinajstić information content (AvgIpc) is 2.70. The highest BCUT2D eigenvalue weighted by molar-refractivity contribution is 7.99. The van der Waals surface area contributed by atoms with Crippen LogP contribution in [0.5, 0.6) is 0 Å². The molecule has 2 atom stereocenters. The molecule has 2 rings (SSSR count). The van der Waals surface area contributed by atoms with E-state index >= 15 is 0 Å². The average molecular weight is 270 g/mol. The van der Waals surface area contributed by atoms with Crippen LogP contribution in [0.1, 0.15) is 40.0 Å². The van der Waals surface area contributed by atoms with Crippen molar-refractivity contribution in [1.29, 1.82) is 0 Å². The van der Waals surface area contributed by atoms with Gasteiger partial charge in [-0.25, -0.2) is 0 Å². The number of hydrogen-bond donors (Lipinski definition) is 1. The number of thioether (sulfide) groups is 1. The molecule has 2 fully saturated rings. The molecule has 104 valence electrons. The number of rotatable bonds is 1. The van der Waals surface area contributed by atoms with Gasteiger partial charge in [0.2, 0.25) is 5.91 Å². The topological polar surface area (TPSA) is 32.3 Å². The first kappa shape index (κ1) is 14.2. The summed E-state index contributed by atoms with van der Waals surface area (Å²) in [7, 11) is 0. The predicted octanol–water partition coefficient (Wildman–Crippen LogP) is 2.32. The zero-order valence-corrected chi connectivity index (χ0v) is 12.7. The van der Waals surface area contributed by atoms with Gasteiger partial charge in [0.15, 0.2) is 0 Å². The number of likely N-dealkylation sites (tertiary alicyclic amines) is 1. The molecule has 2 aliphatic heterocycles. The van der Waals surface area contributed by atoms with Gasteiger partial charge < -0.3 is 4.90 Å². The SMILES string of the molecule is CC(C)(C)C1CCCN(C(=O)C2CSCN2)CC1. The zero-order valence-electron chi connectivity index (χ0n) is 11.9. The summed E-state index contributed by atoms with van der Waals surface area (Å²) < 4.78 is 0. The van der Waals surface area contributed by atoms with Crippen LogP contribution < -0.4 is 5.32 Å². The van der Waals surface area contributed by atoms with Gasteiger partial charge in [-0.05, 0) is 30.6 Å². The van der Waals surface area contributed by atoms with E-state index < -0.39 is 0 Å². The van der Waals surface area contributed by atoms with Gasteiger partial charge in [-0.2, -0.15) is 0 Å². The molecule has 0 bridgehead atoms. The van der Waals surface area contributed by atoms with Crippen molar-refractivity contribution in [2.75, 3.05) is 24.7 Å². The smallest absolute Gasteiger partial charge is 0.240 e. The van der Waals surface area contributed by atoms with Crippen molar-refractivity contribution in [2.24, 2.45) is 11.3 Å². The zero-order chi connectivity index (χ0) is 13.2. The van der Waals surface area contributed by atoms with Crippen LogP contribution in [0.15, 0.2) is 0 Å². The van der Waals surface area contributed by atoms with Crippen LogP contribution in [-0.2, 0) is 4.79 Å². The van der Waals surface area contributed by atoms with Gasteiger partial charge in [-0.15, -0.1) is 11.8 Å². The van der Waals surface area contributed by atoms with Crippen LogP contribution in [0.4, 0.5) is 0 Å². The Labute approximate surface area is 115 Å². The maximum atomic E-state index is 12.4. The van der Waals surface area contributed by atoms with Gasteiger partial charge in [0.1, 0.15) is 0 Å². The first-order valence-corrected chi connectivity index (χ1v) is 8.24. The van der Waals surface area contributed by atoms with Crippen LogP contribution in [0.2, 0.25) is 0 Å². The van der Waals surface area contributed by atoms with Crippen molar-refractivity contribution in [3.05, 3.63) is 0 Å². The minimum absolute atomic E-state index is 0.0705. The van der Waals surface area contributed by atoms with Gasteiger partial charge in [-0.3, -0.25) is 10.1 Å². The van der Waals surface area contributed by atoms with Gasteiger partial charge >= 0.3 is 0 Å². The first-order chi connectivity index (χ1) is 8.48. The summed E-state index contributed by atoms with van der Waals surface area (Å²) in [6, 6.07) is 0.0705. The lowest BCUT2D eigenvalue weighted by atomic mass is 9.77. The van der Waals surface area contributed by atoms with E-state index in [1.807, 2.05) is 11.8 Å². The number of carbonyl (C=O) groups excluding carboxylic acids is 1. The second kappa shape index (κ2) is 5.83. The predicted molar refractivity (Wildman–Crippen MR) is 77.6 cm³/mol. The maximum Gasteiger partial charge on any atom is 0.240 e. The van der Waals surface area contributed by atoms with Crippen molar-refractivity contribution in [2.45, 2.75) is 46.1 Å². The number of carbonyl (C=O) groups is 1. The van der Waals surface area contributed by atoms with Crippen molar-refractivity contribution < 1.29 is 4.79 Å². The number of nitrogens with one attached hydrogen (secondary N) is 1. The van der Waals surface area contributed by atoms with E-state index in [2.05, 4.69) is 31.0 Å². The highest BCUT2D eigenvalue weighted by atomic mass is 32.2. The normalized spacial score (nSPS) is 30.3. The molecule has 1 N–H and O–H groups in total. The lowest BCUT2D eigenvalue weighted by Crippen LogP contribution is -2.45. The Balaban J connectivity index is 1.90. The molecular formula is C14H26N2OS. The Morgan fingerprint density at radius 3 is 2.67 bits per heavy atom. The van der Waals surface area contributed by atoms with Gasteiger partial charge in [0, 0.05) is 24.7 Å². The Hall–Kier alpha value is -0.220. The third kappa shape index (κ3) is 3.41. The fourth-order valence-electron chi connectivity index (χ4n) is 2.96. The Morgan fingerprint density at radius 1 is 1.28 bits per heavy atom. The van der Waals surface area contributed by atoms with E-state index in [1.54, 1.807) is 0 Å². The standard InChI is InChI=1S/C14H26N2OS/c1-14(2,3)11-5-4-7-16(8-6-11)13(17)12-9-18-10-15-12/h11-12,15H,4-10H2,1-3H3. The quantitative estimate of drug-likeness (QED) is 0.793. The molecule has 0 radical (unpaired) electrons. The highest BCUT2D eigenvalue weighted by Crippen LogP contribution is 2.34. The van der Waals surface area contributed by atoms with Crippen molar-refractivity contribution in [3.63, 3.8) is 0 Å². The lowest BCUT2D eigenvalue weighted by Gasteiger charge is -2.30. The summed E-state index contributed by atoms with van der Waals surface area (Å²) in [5, 5.41) is 3.29. The summed E-state index contributed by atoms with van der Waals surface area (Å²) in [6.07, 6.45) is 3.59. The monoisotopic (exact) mass is 270 g/mol. The molecule has 4 heteroatoms. The van der Waals surface area contributed by atoms with Crippen LogP contribution in [0.25, 0.3) is 0 Å². The lowest BCUT2D eigenvalue weighted by molar-refractivity contribution is -0.132. The second-order valence-corrected chi connectivity index (χ2v) is 7.62. The fourth-order valence-corrected chi connectivity index (χ4v) is 3.89. The summed E-state index contributed by atoms with van der Waals surface area (Å²) in [5.41, 5.74) is 0.376. The van der Waals surface area contributed by atoms with Crippen LogP contribution in [-0.4, -0.2) is 41.6 Å². The number of amides is 1. The third-order valence-electron chi connectivity index (χ3n) is 4.28. The molecule has 0 aromatic rings. The molecule has 0 aliphatic carbocycles. The van der Waals surface area contributed by atoms with Crippen molar-refractivity contribution in [3.8, 4) is 0 Å². The summed E-state index contributed by atoms with van der Waals surface area (Å²) >= 11 is 1.83. The number of nitrogens with zero attached hydrogens (tertiary/aromatic N) is 1. The van der Waals surface area contributed by atoms with Crippen LogP contribution >= 0.6 is 11.8 Å². The minimum Gasteiger partial charge on any atom is -0.341 e. The summed E-state index contributed by atoms with van der Waals surface area (Å²) in [4.78, 5) is 14.5. The Morgan fingerprint density at radius 2 is 2.06 bits per heavy atom. The minimum atomic E-state index is 0.0705. The fraction of sp³-hybridized carbons (Fsp3) is 0.929. The number of hydrogen-bond acceptors (Lipinski definition) is 3. The molecule has 2 heterocycles. The molecule has 0 spiro atoms. The van der Waals surface area contributed by atoms with Crippen molar-refractivity contribution in [1.82, 2.24) is 10.2 Å². The largest absolute Gasteiger partial charge is 0.341 e. The van der Waals surface area contributed by atoms with E-state index in [-0.39, 0.29) is 6.04 Å². The molecule has 0 aromatic heterocycles. The van der Waals surface area contributed by atoms with Gasteiger partial charge in [-0.1, -0.05) is 20.8 Å². The molecule has 2 saturated heterocycles. The molecule has 18 heavy (non-hydrogen) atoms. The van der Waals surface area contributed by atoms with E-state index in [9.17, 15) is 4.79 Å². The molecule has 2 aliphatic rings. The summed E-state index contributed by atoms with van der Waals surface area (Å²) in [5.74, 6) is 2.95. The Bertz CT molecular complexity index is 295. The van der Waals surface area contributed by atoms with Gasteiger partial charge in [0.05, 0.1) is 6.04 Å². The van der Waals surface area contributed by atoms with E-state index in [1.165, 1.54) is 6.42 Å². The summed E-state index contributed by atoms with van der Waals surface area (Å²) in [6.45, 7) is 8.87. The molecule has 1 amide bonds. The van der Waals surface area contributed by atoms with Crippen molar-refractivity contribution >= 4 is 17.7 Å². The van der Waals surface area contributed by atoms with Gasteiger partial charge in [0.25, 0.3) is 0 Å². The molecule has 0 aromatic carbocycles. The van der Waals surface area contributed by atoms with E-state index in [0.717, 1.165) is 43.5 Å². The Kier molecular flexibility index (Phi) is 4.59. The maximum absolute atomic E-state index is 12.4. The molecule has 2 unspecified atom stereocenters. The van der Waals surface area contributed by atoms with Crippen LogP contribution in [0, 0.1) is 11.3 Å². The van der Waals surface area contributed by atoms with E-state index in [4.69, 9.17) is 0 Å². The molecular weight excluding hydrogens is 244 g/mol. The highest BCUT2D eigenvalue weighted by Gasteiger charge is 2.31. The molecule has 0 saturated carbocycles. The third-order valence-corrected chi connectivity index (χ3v) is 5.22. The van der Waals surface area contributed by atoms with E-state index in [0.29, 0.717) is 11.3 Å². The second-order valence-electron chi connectivity index (χ2n) is 6.59. The van der Waals surface area contributed by atoms with Crippen LogP contribution in [0.3, 0.4) is 0 Å².